The van der Waals surface area contributed by atoms with Crippen molar-refractivity contribution in [2.45, 2.75) is 104 Å². The van der Waals surface area contributed by atoms with E-state index in [4.69, 9.17) is 32.9 Å². The first-order chi connectivity index (χ1) is 15.8. The van der Waals surface area contributed by atoms with Crippen molar-refractivity contribution in [2.24, 2.45) is 0 Å². The molecular weight excluding hydrogens is 577 g/mol. The number of hydrogen-bond acceptors (Lipinski definition) is 9. The maximum Gasteiger partial charge on any atom is 0.386 e. The standard InChI is InChI=1S/C16H40O8SSi8/c1-9-26-17-28(11-3)21-32(15-7,22-29(12-4)18-26)25-33(16-8)23-30(13-5)19-27(10-2)20-31(14-6)24-33/h9-16H2,1-8H3. The van der Waals surface area contributed by atoms with E-state index in [1.807, 2.05) is 0 Å². The van der Waals surface area contributed by atoms with Crippen LogP contribution in [0.3, 0.4) is 0 Å². The Kier molecular flexibility index (Phi) is 14.3. The van der Waals surface area contributed by atoms with Crippen LogP contribution in [0.1, 0.15) is 55.4 Å². The van der Waals surface area contributed by atoms with Gasteiger partial charge in [0.05, 0.1) is 0 Å². The number of rotatable bonds is 10. The summed E-state index contributed by atoms with van der Waals surface area (Å²) in [5.41, 5.74) is 0. The minimum atomic E-state index is -2.76. The molecule has 2 rings (SSSR count). The lowest BCUT2D eigenvalue weighted by Crippen LogP contribution is -2.61. The predicted molar refractivity (Wildman–Crippen MR) is 146 cm³/mol. The van der Waals surface area contributed by atoms with Gasteiger partial charge in [-0.05, 0) is 48.4 Å². The molecule has 0 bridgehead atoms. The Balaban J connectivity index is 2.39. The second-order valence-electron chi connectivity index (χ2n) is 7.35. The molecule has 0 unspecified atom stereocenters. The molecule has 2 aliphatic heterocycles. The maximum atomic E-state index is 6.88. The van der Waals surface area contributed by atoms with Gasteiger partial charge in [0.25, 0.3) is 0 Å². The topological polar surface area (TPSA) is 73.8 Å². The van der Waals surface area contributed by atoms with Crippen molar-refractivity contribution >= 4 is 81.8 Å². The van der Waals surface area contributed by atoms with Crippen molar-refractivity contribution in [2.75, 3.05) is 0 Å². The zero-order valence-electron chi connectivity index (χ0n) is 21.3. The third kappa shape index (κ3) is 8.93. The molecule has 0 amide bonds. The molecule has 0 aliphatic carbocycles. The molecule has 0 N–H and O–H groups in total. The fourth-order valence-corrected chi connectivity index (χ4v) is 46.1. The summed E-state index contributed by atoms with van der Waals surface area (Å²) < 4.78 is 53.2. The summed E-state index contributed by atoms with van der Waals surface area (Å²) >= 11 is 0. The second kappa shape index (κ2) is 15.2. The first-order valence-corrected chi connectivity index (χ1v) is 27.6. The van der Waals surface area contributed by atoms with Gasteiger partial charge in [-0.15, -0.1) is 0 Å². The summed E-state index contributed by atoms with van der Waals surface area (Å²) in [5.74, 6) is 0. The fraction of sp³-hybridized carbons (Fsp3) is 1.00. The van der Waals surface area contributed by atoms with E-state index in [1.54, 1.807) is 10.7 Å². The monoisotopic (exact) mass is 616 g/mol. The van der Waals surface area contributed by atoms with Crippen molar-refractivity contribution in [3.63, 3.8) is 0 Å². The lowest BCUT2D eigenvalue weighted by Gasteiger charge is -2.44. The highest BCUT2D eigenvalue weighted by Crippen LogP contribution is 2.43. The molecule has 0 aromatic carbocycles. The predicted octanol–water partition coefficient (Wildman–Crippen LogP) is 4.85. The molecule has 0 spiro atoms. The third-order valence-electron chi connectivity index (χ3n) is 4.90. The Morgan fingerprint density at radius 1 is 0.424 bits per heavy atom. The Morgan fingerprint density at radius 3 is 0.848 bits per heavy atom. The van der Waals surface area contributed by atoms with Crippen LogP contribution < -0.4 is 0 Å². The summed E-state index contributed by atoms with van der Waals surface area (Å²) in [6.45, 7) is 17.1. The van der Waals surface area contributed by atoms with E-state index in [-0.39, 0.29) is 0 Å². The summed E-state index contributed by atoms with van der Waals surface area (Å²) in [4.78, 5) is 0. The lowest BCUT2D eigenvalue weighted by molar-refractivity contribution is 0.273. The van der Waals surface area contributed by atoms with Crippen molar-refractivity contribution in [1.29, 1.82) is 0 Å². The average Bonchev–Trinajstić information content (AvgIpc) is 2.82. The smallest absolute Gasteiger partial charge is 0.386 e. The van der Waals surface area contributed by atoms with Gasteiger partial charge in [-0.2, -0.15) is 0 Å². The van der Waals surface area contributed by atoms with Crippen LogP contribution in [0, 0.1) is 0 Å². The Morgan fingerprint density at radius 2 is 0.667 bits per heavy atom. The number of hydrogen-bond donors (Lipinski definition) is 0. The van der Waals surface area contributed by atoms with E-state index < -0.39 is 71.1 Å². The van der Waals surface area contributed by atoms with Crippen molar-refractivity contribution in [3.8, 4) is 0 Å². The molecule has 8 nitrogen and oxygen atoms in total. The highest BCUT2D eigenvalue weighted by atomic mass is 32.5. The molecular formula is C16H40O8SSi8. The Bertz CT molecular complexity index is 495. The first-order valence-electron chi connectivity index (χ1n) is 12.2. The highest BCUT2D eigenvalue weighted by Gasteiger charge is 2.57. The quantitative estimate of drug-likeness (QED) is 0.320. The highest BCUT2D eigenvalue weighted by molar-refractivity contribution is 8.48. The molecule has 2 heterocycles. The summed E-state index contributed by atoms with van der Waals surface area (Å²) in [6.07, 6.45) is 0. The Labute approximate surface area is 217 Å². The van der Waals surface area contributed by atoms with Crippen LogP contribution in [-0.4, -0.2) is 71.1 Å². The van der Waals surface area contributed by atoms with Crippen LogP contribution in [0.5, 0.6) is 0 Å². The second-order valence-corrected chi connectivity index (χ2v) is 33.1. The first kappa shape index (κ1) is 31.0. The van der Waals surface area contributed by atoms with Crippen molar-refractivity contribution < 1.29 is 32.9 Å². The van der Waals surface area contributed by atoms with Crippen molar-refractivity contribution in [1.82, 2.24) is 0 Å². The van der Waals surface area contributed by atoms with Crippen LogP contribution in [0.4, 0.5) is 0 Å². The zero-order valence-corrected chi connectivity index (χ0v) is 30.1. The molecule has 2 fully saturated rings. The lowest BCUT2D eigenvalue weighted by atomic mass is 11.0. The van der Waals surface area contributed by atoms with Gasteiger partial charge in [-0.25, -0.2) is 0 Å². The molecule has 2 aliphatic rings. The fourth-order valence-electron chi connectivity index (χ4n) is 2.99. The molecule has 0 aromatic rings. The van der Waals surface area contributed by atoms with Crippen LogP contribution in [0.25, 0.3) is 0 Å². The van der Waals surface area contributed by atoms with Gasteiger partial charge < -0.3 is 32.9 Å². The van der Waals surface area contributed by atoms with Crippen LogP contribution >= 0.6 is 10.7 Å². The van der Waals surface area contributed by atoms with Crippen LogP contribution in [-0.2, 0) is 32.9 Å². The minimum Gasteiger partial charge on any atom is -0.414 e. The van der Waals surface area contributed by atoms with Gasteiger partial charge in [0.15, 0.2) is 0 Å². The largest absolute Gasteiger partial charge is 0.414 e. The maximum absolute atomic E-state index is 6.88. The summed E-state index contributed by atoms with van der Waals surface area (Å²) in [7, 11) is -12.4. The van der Waals surface area contributed by atoms with Gasteiger partial charge >= 0.3 is 71.1 Å². The molecule has 0 atom stereocenters. The third-order valence-corrected chi connectivity index (χ3v) is 38.8. The molecule has 2 saturated heterocycles. The molecule has 0 saturated carbocycles. The molecule has 6 radical (unpaired) electrons. The SMILES string of the molecule is CC[Si]1O[Si](CC)O[Si](CC)(S[Si]2(CC)O[Si](CC)O[Si](CC)O[Si](CC)O2)O[Si](CC)O1. The van der Waals surface area contributed by atoms with E-state index in [0.29, 0.717) is 0 Å². The normalized spacial score (nSPS) is 25.5. The minimum absolute atomic E-state index is 0.802. The molecule has 17 heteroatoms. The molecule has 0 aromatic heterocycles. The summed E-state index contributed by atoms with van der Waals surface area (Å²) in [5, 5.41) is 0. The van der Waals surface area contributed by atoms with E-state index in [1.165, 1.54) is 0 Å². The van der Waals surface area contributed by atoms with Crippen LogP contribution in [0.2, 0.25) is 48.4 Å². The van der Waals surface area contributed by atoms with Crippen molar-refractivity contribution in [3.05, 3.63) is 0 Å². The van der Waals surface area contributed by atoms with Gasteiger partial charge in [-0.3, -0.25) is 0 Å². The zero-order chi connectivity index (χ0) is 24.5. The van der Waals surface area contributed by atoms with Gasteiger partial charge in [0, 0.05) is 0 Å². The van der Waals surface area contributed by atoms with Gasteiger partial charge in [0.1, 0.15) is 0 Å². The van der Waals surface area contributed by atoms with E-state index >= 15 is 0 Å². The van der Waals surface area contributed by atoms with Crippen LogP contribution in [0.15, 0.2) is 0 Å². The Hall–Kier alpha value is 1.77. The summed E-state index contributed by atoms with van der Waals surface area (Å²) in [6, 6.07) is 6.84. The van der Waals surface area contributed by atoms with Gasteiger partial charge in [-0.1, -0.05) is 66.1 Å². The van der Waals surface area contributed by atoms with E-state index in [9.17, 15) is 0 Å². The van der Waals surface area contributed by atoms with E-state index in [0.717, 1.165) is 48.4 Å². The molecule has 33 heavy (non-hydrogen) atoms. The van der Waals surface area contributed by atoms with E-state index in [2.05, 4.69) is 55.4 Å². The average molecular weight is 617 g/mol. The van der Waals surface area contributed by atoms with Gasteiger partial charge in [0.2, 0.25) is 0 Å². The molecule has 190 valence electrons.